The molecule has 0 amide bonds. The average Bonchev–Trinajstić information content (AvgIpc) is 2.62. The van der Waals surface area contributed by atoms with Crippen molar-refractivity contribution < 1.29 is 0 Å². The predicted molar refractivity (Wildman–Crippen MR) is 62.1 cm³/mol. The average molecular weight is 202 g/mol. The molecule has 2 heteroatoms. The standard InChI is InChI=1S/C13H18N2/c1-13(8-3-9-13)15-12-7-6-10-4-2-5-11(10)14-12/h6-7H,2-5,8-9H2,1H3,(H,14,15). The number of aryl methyl sites for hydroxylation is 2. The third-order valence-corrected chi connectivity index (χ3v) is 3.82. The lowest BCUT2D eigenvalue weighted by atomic mass is 9.78. The Morgan fingerprint density at radius 2 is 2.07 bits per heavy atom. The molecule has 0 aromatic carbocycles. The molecular formula is C13H18N2. The topological polar surface area (TPSA) is 24.9 Å². The SMILES string of the molecule is CC1(Nc2ccc3c(n2)CCC3)CCC1. The third kappa shape index (κ3) is 1.62. The maximum absolute atomic E-state index is 4.71. The van der Waals surface area contributed by atoms with Crippen molar-refractivity contribution >= 4 is 5.82 Å². The minimum Gasteiger partial charge on any atom is -0.365 e. The van der Waals surface area contributed by atoms with Gasteiger partial charge in [0.1, 0.15) is 5.82 Å². The molecule has 3 rings (SSSR count). The Hall–Kier alpha value is -1.05. The molecule has 0 atom stereocenters. The van der Waals surface area contributed by atoms with Crippen LogP contribution in [0.15, 0.2) is 12.1 Å². The van der Waals surface area contributed by atoms with Crippen LogP contribution in [0.2, 0.25) is 0 Å². The fraction of sp³-hybridized carbons (Fsp3) is 0.615. The molecule has 0 unspecified atom stereocenters. The van der Waals surface area contributed by atoms with E-state index in [2.05, 4.69) is 24.4 Å². The van der Waals surface area contributed by atoms with E-state index in [-0.39, 0.29) is 0 Å². The molecule has 1 N–H and O–H groups in total. The molecular weight excluding hydrogens is 184 g/mol. The molecule has 0 bridgehead atoms. The molecule has 80 valence electrons. The van der Waals surface area contributed by atoms with Gasteiger partial charge in [0, 0.05) is 11.2 Å². The summed E-state index contributed by atoms with van der Waals surface area (Å²) < 4.78 is 0. The maximum atomic E-state index is 4.71. The van der Waals surface area contributed by atoms with Gasteiger partial charge in [-0.1, -0.05) is 6.07 Å². The Morgan fingerprint density at radius 1 is 1.20 bits per heavy atom. The monoisotopic (exact) mass is 202 g/mol. The summed E-state index contributed by atoms with van der Waals surface area (Å²) in [6, 6.07) is 4.40. The Labute approximate surface area is 91.1 Å². The fourth-order valence-corrected chi connectivity index (χ4v) is 2.63. The zero-order valence-corrected chi connectivity index (χ0v) is 9.34. The molecule has 1 fully saturated rings. The second kappa shape index (κ2) is 3.22. The summed E-state index contributed by atoms with van der Waals surface area (Å²) in [4.78, 5) is 4.71. The van der Waals surface area contributed by atoms with E-state index in [1.165, 1.54) is 49.8 Å². The number of nitrogens with zero attached hydrogens (tertiary/aromatic N) is 1. The molecule has 0 saturated heterocycles. The number of pyridine rings is 1. The Kier molecular flexibility index (Phi) is 1.98. The lowest BCUT2D eigenvalue weighted by Crippen LogP contribution is -2.41. The largest absolute Gasteiger partial charge is 0.365 e. The molecule has 0 spiro atoms. The van der Waals surface area contributed by atoms with Gasteiger partial charge in [0.15, 0.2) is 0 Å². The first-order chi connectivity index (χ1) is 7.25. The van der Waals surface area contributed by atoms with E-state index in [1.54, 1.807) is 0 Å². The van der Waals surface area contributed by atoms with Crippen molar-refractivity contribution in [3.05, 3.63) is 23.4 Å². The van der Waals surface area contributed by atoms with Crippen molar-refractivity contribution in [1.82, 2.24) is 4.98 Å². The van der Waals surface area contributed by atoms with E-state index in [9.17, 15) is 0 Å². The number of anilines is 1. The molecule has 0 radical (unpaired) electrons. The summed E-state index contributed by atoms with van der Waals surface area (Å²) in [6.07, 6.45) is 7.59. The Bertz CT molecular complexity index is 380. The summed E-state index contributed by atoms with van der Waals surface area (Å²) >= 11 is 0. The number of aromatic nitrogens is 1. The summed E-state index contributed by atoms with van der Waals surface area (Å²) in [6.45, 7) is 2.30. The molecule has 0 aliphatic heterocycles. The van der Waals surface area contributed by atoms with Crippen LogP contribution in [0.25, 0.3) is 0 Å². The van der Waals surface area contributed by atoms with Crippen molar-refractivity contribution in [2.75, 3.05) is 5.32 Å². The van der Waals surface area contributed by atoms with Gasteiger partial charge in [0.05, 0.1) is 0 Å². The first kappa shape index (κ1) is 9.20. The quantitative estimate of drug-likeness (QED) is 0.797. The van der Waals surface area contributed by atoms with E-state index in [1.807, 2.05) is 0 Å². The molecule has 1 heterocycles. The first-order valence-corrected chi connectivity index (χ1v) is 6.02. The van der Waals surface area contributed by atoms with Crippen LogP contribution in [0.4, 0.5) is 5.82 Å². The van der Waals surface area contributed by atoms with Crippen LogP contribution >= 0.6 is 0 Å². The Balaban J connectivity index is 1.81. The van der Waals surface area contributed by atoms with Crippen molar-refractivity contribution in [3.8, 4) is 0 Å². The number of hydrogen-bond donors (Lipinski definition) is 1. The normalized spacial score (nSPS) is 21.9. The van der Waals surface area contributed by atoms with Crippen LogP contribution in [-0.4, -0.2) is 10.5 Å². The van der Waals surface area contributed by atoms with Gasteiger partial charge in [0.2, 0.25) is 0 Å². The van der Waals surface area contributed by atoms with Crippen LogP contribution in [0.1, 0.15) is 43.9 Å². The molecule has 15 heavy (non-hydrogen) atoms. The van der Waals surface area contributed by atoms with Crippen molar-refractivity contribution in [2.24, 2.45) is 0 Å². The fourth-order valence-electron chi connectivity index (χ4n) is 2.63. The van der Waals surface area contributed by atoms with Crippen LogP contribution in [0.5, 0.6) is 0 Å². The van der Waals surface area contributed by atoms with Crippen LogP contribution in [0, 0.1) is 0 Å². The number of fused-ring (bicyclic) bond motifs is 1. The summed E-state index contributed by atoms with van der Waals surface area (Å²) in [5.41, 5.74) is 3.10. The second-order valence-corrected chi connectivity index (χ2v) is 5.20. The van der Waals surface area contributed by atoms with Crippen LogP contribution in [-0.2, 0) is 12.8 Å². The highest BCUT2D eigenvalue weighted by Gasteiger charge is 2.31. The van der Waals surface area contributed by atoms with Crippen molar-refractivity contribution in [3.63, 3.8) is 0 Å². The van der Waals surface area contributed by atoms with E-state index < -0.39 is 0 Å². The lowest BCUT2D eigenvalue weighted by Gasteiger charge is -2.39. The summed E-state index contributed by atoms with van der Waals surface area (Å²) in [5, 5.41) is 3.57. The summed E-state index contributed by atoms with van der Waals surface area (Å²) in [7, 11) is 0. The molecule has 1 aromatic heterocycles. The highest BCUT2D eigenvalue weighted by Crippen LogP contribution is 2.34. The van der Waals surface area contributed by atoms with Crippen molar-refractivity contribution in [1.29, 1.82) is 0 Å². The minimum atomic E-state index is 0.319. The van der Waals surface area contributed by atoms with Gasteiger partial charge >= 0.3 is 0 Å². The molecule has 2 aliphatic carbocycles. The minimum absolute atomic E-state index is 0.319. The zero-order chi connectivity index (χ0) is 10.3. The Morgan fingerprint density at radius 3 is 2.80 bits per heavy atom. The zero-order valence-electron chi connectivity index (χ0n) is 9.34. The molecule has 1 aromatic rings. The van der Waals surface area contributed by atoms with Gasteiger partial charge in [0.25, 0.3) is 0 Å². The third-order valence-electron chi connectivity index (χ3n) is 3.82. The predicted octanol–water partition coefficient (Wildman–Crippen LogP) is 2.92. The van der Waals surface area contributed by atoms with Gasteiger partial charge in [-0.05, 0) is 57.1 Å². The maximum Gasteiger partial charge on any atom is 0.126 e. The number of rotatable bonds is 2. The van der Waals surface area contributed by atoms with Crippen molar-refractivity contribution in [2.45, 2.75) is 51.0 Å². The molecule has 2 aliphatic rings. The first-order valence-electron chi connectivity index (χ1n) is 6.02. The van der Waals surface area contributed by atoms with E-state index in [0.29, 0.717) is 5.54 Å². The van der Waals surface area contributed by atoms with Gasteiger partial charge in [-0.2, -0.15) is 0 Å². The van der Waals surface area contributed by atoms with Gasteiger partial charge in [-0.3, -0.25) is 0 Å². The van der Waals surface area contributed by atoms with Gasteiger partial charge < -0.3 is 5.32 Å². The van der Waals surface area contributed by atoms with E-state index in [4.69, 9.17) is 4.98 Å². The van der Waals surface area contributed by atoms with E-state index >= 15 is 0 Å². The number of hydrogen-bond acceptors (Lipinski definition) is 2. The summed E-state index contributed by atoms with van der Waals surface area (Å²) in [5.74, 6) is 1.08. The van der Waals surface area contributed by atoms with E-state index in [0.717, 1.165) is 5.82 Å². The molecule has 2 nitrogen and oxygen atoms in total. The smallest absolute Gasteiger partial charge is 0.126 e. The van der Waals surface area contributed by atoms with Gasteiger partial charge in [-0.15, -0.1) is 0 Å². The molecule has 1 saturated carbocycles. The van der Waals surface area contributed by atoms with Crippen LogP contribution in [0.3, 0.4) is 0 Å². The highest BCUT2D eigenvalue weighted by molar-refractivity contribution is 5.43. The highest BCUT2D eigenvalue weighted by atomic mass is 15.1. The number of nitrogens with one attached hydrogen (secondary N) is 1. The lowest BCUT2D eigenvalue weighted by molar-refractivity contribution is 0.305. The van der Waals surface area contributed by atoms with Crippen LogP contribution < -0.4 is 5.32 Å². The van der Waals surface area contributed by atoms with Gasteiger partial charge in [-0.25, -0.2) is 4.98 Å². The second-order valence-electron chi connectivity index (χ2n) is 5.20.